The number of hydrogen-bond acceptors (Lipinski definition) is 38. The van der Waals surface area contributed by atoms with Crippen LogP contribution in [0.5, 0.6) is 0 Å². The van der Waals surface area contributed by atoms with Crippen molar-refractivity contribution >= 4 is 125 Å². The van der Waals surface area contributed by atoms with Gasteiger partial charge in [-0.25, -0.2) is 19.9 Å². The molecule has 26 aliphatic heterocycles. The molecule has 29 unspecified atom stereocenters. The van der Waals surface area contributed by atoms with Crippen LogP contribution in [0.25, 0.3) is 101 Å². The van der Waals surface area contributed by atoms with E-state index >= 15 is 0 Å². The zero-order chi connectivity index (χ0) is 106. The van der Waals surface area contributed by atoms with Crippen molar-refractivity contribution in [3.63, 3.8) is 0 Å². The molecule has 0 aromatic carbocycles. The number of carboxylic acids is 2. The van der Waals surface area contributed by atoms with Crippen LogP contribution in [0.1, 0.15) is 156 Å². The molecule has 6 aromatic rings. The molecule has 44 heteroatoms. The van der Waals surface area contributed by atoms with Crippen molar-refractivity contribution in [2.24, 2.45) is 0 Å². The fourth-order valence-corrected chi connectivity index (χ4v) is 20.9. The number of nitrogens with zero attached hydrogens (tertiary/aromatic N) is 4. The molecule has 28 bridgehead atoms. The summed E-state index contributed by atoms with van der Waals surface area (Å²) in [5, 5.41) is 210. The van der Waals surface area contributed by atoms with Gasteiger partial charge in [-0.2, -0.15) is 0 Å². The smallest absolute Gasteiger partial charge is 0.306 e. The molecule has 22 saturated heterocycles. The lowest BCUT2D eigenvalue weighted by Crippen LogP contribution is -2.69. The van der Waals surface area contributed by atoms with Crippen molar-refractivity contribution in [2.45, 2.75) is 291 Å². The van der Waals surface area contributed by atoms with Crippen LogP contribution < -0.4 is 0 Å². The normalized spacial score (nSPS) is 32.1. The summed E-state index contributed by atoms with van der Waals surface area (Å²) in [6, 6.07) is 14.7. The van der Waals surface area contributed by atoms with Gasteiger partial charge in [-0.3, -0.25) is 19.2 Å². The number of carbonyl (C=O) groups is 4. The van der Waals surface area contributed by atoms with E-state index in [-0.39, 0.29) is 38.5 Å². The molecule has 26 aliphatic rings. The molecule has 0 amide bonds. The number of aliphatic hydroxyl groups excluding tert-OH is 16. The Labute approximate surface area is 845 Å². The molecule has 22 fully saturated rings. The van der Waals surface area contributed by atoms with Crippen molar-refractivity contribution in [1.29, 1.82) is 0 Å². The molecule has 0 spiro atoms. The van der Waals surface area contributed by atoms with E-state index in [0.717, 1.165) is 50.1 Å². The highest BCUT2D eigenvalue weighted by molar-refractivity contribution is 6.01. The molecule has 0 radical (unpaired) electrons. The Morgan fingerprint density at radius 2 is 0.554 bits per heavy atom. The largest absolute Gasteiger partial charge is 0.481 e. The Bertz CT molecular complexity index is 6620. The Balaban J connectivity index is 0.651. The van der Waals surface area contributed by atoms with E-state index < -0.39 is 261 Å². The van der Waals surface area contributed by atoms with E-state index in [1.165, 1.54) is 0 Å². The lowest BCUT2D eigenvalue weighted by molar-refractivity contribution is -0.404. The predicted octanol–water partition coefficient (Wildman–Crippen LogP) is 2.91. The summed E-state index contributed by atoms with van der Waals surface area (Å²) in [4.78, 5) is 88.0. The molecular formula is C104H124N8O36. The lowest BCUT2D eigenvalue weighted by Gasteiger charge is -2.50. The zero-order valence-corrected chi connectivity index (χ0v) is 82.2. The first-order chi connectivity index (χ1) is 70.7. The van der Waals surface area contributed by atoms with Crippen LogP contribution in [0, 0.1) is 27.7 Å². The van der Waals surface area contributed by atoms with Crippen molar-refractivity contribution in [3.05, 3.63) is 177 Å². The van der Waals surface area contributed by atoms with Crippen molar-refractivity contribution in [1.82, 2.24) is 39.9 Å². The quantitative estimate of drug-likeness (QED) is 0.0387. The summed E-state index contributed by atoms with van der Waals surface area (Å²) in [6.45, 7) is 24.9. The molecule has 0 saturated carbocycles. The van der Waals surface area contributed by atoms with Gasteiger partial charge in [-0.1, -0.05) is 50.6 Å². The summed E-state index contributed by atoms with van der Waals surface area (Å²) in [7, 11) is 0. The third-order valence-corrected chi connectivity index (χ3v) is 29.6. The highest BCUT2D eigenvalue weighted by atomic mass is 16.8. The molecule has 22 N–H and O–H groups in total. The summed E-state index contributed by atoms with van der Waals surface area (Å²) in [6.07, 6.45) is -59.3. The molecule has 148 heavy (non-hydrogen) atoms. The summed E-state index contributed by atoms with van der Waals surface area (Å²) in [5.41, 5.74) is 20.5. The average Bonchev–Trinajstić information content (AvgIpc) is 1.17. The Morgan fingerprint density at radius 1 is 0.297 bits per heavy atom. The summed E-state index contributed by atoms with van der Waals surface area (Å²) < 4.78 is 85.2. The monoisotopic (exact) mass is 2060 g/mol. The van der Waals surface area contributed by atoms with Gasteiger partial charge in [0.05, 0.1) is 72.0 Å². The van der Waals surface area contributed by atoms with E-state index in [4.69, 9.17) is 86.3 Å². The number of esters is 2. The van der Waals surface area contributed by atoms with E-state index in [1.807, 2.05) is 84.9 Å². The molecular weight excluding hydrogens is 1940 g/mol. The average molecular weight is 2060 g/mol. The number of aliphatic carboxylic acids is 2. The van der Waals surface area contributed by atoms with Crippen LogP contribution in [-0.2, 0) is 98.3 Å². The lowest BCUT2D eigenvalue weighted by atomic mass is 9.94. The van der Waals surface area contributed by atoms with Gasteiger partial charge >= 0.3 is 23.9 Å². The number of nitrogens with one attached hydrogen (secondary N) is 4. The molecule has 6 aromatic heterocycles. The Hall–Kier alpha value is -11.1. The molecule has 0 aliphatic carbocycles. The van der Waals surface area contributed by atoms with Crippen molar-refractivity contribution < 1.29 is 177 Å². The maximum absolute atomic E-state index is 14.7. The van der Waals surface area contributed by atoms with Gasteiger partial charge in [0, 0.05) is 92.1 Å². The topological polar surface area (TPSA) is 676 Å². The number of hydrogen-bond donors (Lipinski definition) is 22. The van der Waals surface area contributed by atoms with Crippen LogP contribution in [0.15, 0.2) is 87.0 Å². The highest BCUT2D eigenvalue weighted by Gasteiger charge is 2.60. The second kappa shape index (κ2) is 44.8. The number of aromatic amines is 4. The molecule has 32 rings (SSSR count). The third kappa shape index (κ3) is 21.1. The number of carbonyl (C=O) groups excluding carboxylic acids is 2. The highest BCUT2D eigenvalue weighted by Crippen LogP contribution is 2.45. The molecule has 796 valence electrons. The fourth-order valence-electron chi connectivity index (χ4n) is 20.9. The van der Waals surface area contributed by atoms with Gasteiger partial charge in [0.15, 0.2) is 37.7 Å². The molecule has 44 nitrogen and oxygen atoms in total. The molecule has 32 heterocycles. The number of aryl methyl sites for hydroxylation is 6. The minimum Gasteiger partial charge on any atom is -0.481 e. The Kier molecular flexibility index (Phi) is 32.8. The second-order valence-electron chi connectivity index (χ2n) is 38.5. The fraction of sp³-hybridized carbons (Fsp3) is 0.500. The van der Waals surface area contributed by atoms with Gasteiger partial charge in [-0.15, -0.1) is 0 Å². The van der Waals surface area contributed by atoms with Crippen LogP contribution in [0.3, 0.4) is 0 Å². The van der Waals surface area contributed by atoms with Gasteiger partial charge in [-0.05, 0) is 196 Å². The number of fused-ring (bicyclic) bond motifs is 16. The number of ether oxygens (including phenoxy) is 14. The van der Waals surface area contributed by atoms with Gasteiger partial charge in [0.25, 0.3) is 0 Å². The van der Waals surface area contributed by atoms with E-state index in [2.05, 4.69) is 46.3 Å². The number of aromatic nitrogens is 8. The number of rotatable bonds is 24. The number of H-pyrrole nitrogens is 4. The maximum Gasteiger partial charge on any atom is 0.306 e. The van der Waals surface area contributed by atoms with Crippen molar-refractivity contribution in [2.75, 3.05) is 39.6 Å². The first-order valence-corrected chi connectivity index (χ1v) is 48.7. The first-order valence-electron chi connectivity index (χ1n) is 48.7. The SMILES string of the molecule is C=CC1=C(C)c2cc3[nH]c(cc4[nH]c(cc5nc(cc1n2)C(C)=C5C=C)c(C)c4CCC(=O)OCC1OC2OC4C(CO)OC(OC5C(CO)OC(OC6C(COC(=O)CCC7=C(C)c8cc9[nH]c(cc%10[nH]c(cc%11nc(cc7n8)C(CCC(=O)O)=C%11C)c(C=C)c%10C)c(C=C)c9C)OC(OC7C(CO)OC(OC8C(CO)OC(O[C@H]1C(O)C2O)C(O)C8O)C(O)C7O)C(O)C6O)C(O)C5O)C(O)C4O)c(CCC(=O)O)c3C. The molecule has 30 atom stereocenters. The number of aliphatic hydroxyl groups is 16. The predicted molar refractivity (Wildman–Crippen MR) is 525 cm³/mol. The van der Waals surface area contributed by atoms with Crippen LogP contribution in [-0.4, -0.2) is 380 Å². The number of allylic oxidation sites excluding steroid dienone is 10. The standard InChI is InChI=1S/C104H124N8O36/c1-13-47-39(5)55-25-57-43(9)51(17-21-77(117)118)67(109-57)31-70-54(46(12)62(112-70)30-66-50(16-4)42(8)60(108-66)28-63(47)105-55)20-24-80(122)136-38-76-98-86(128)92(134)104(142-76)146-96-74(36-116)138-100(88(130)82(96)124)143-93-71(33-113)139-101(89(131)83(93)125)147-97-75(141-103(91(133)85(97)127)145-95-73(35-115)137-99(87(129)81(95)123)144-94-72(34-114)140-102(148-98)90(132)84(94)126)37-135-79(121)23-19-53-45(11)58-26-56-40(6)48(14-2)64(106-56)27-59-41(7)49(15-3)65(107-59)29-61-44(10)52(18-22-78(119)120)68(111-61)32-69(53)110-58/h13-16,25-32,71-76,81-104,106-107,109,112-116,123-134H,1-4,17-24,33-38H2,5-12H3,(H,117,118)(H,119,120)/t71?,72?,73?,74?,75?,76?,81?,82?,83?,84?,85?,86?,87?,88?,89?,90?,91?,92?,93?,94?,95?,96?,97?,98-,99?,100?,101?,102?,103?,104?/m1/s1. The maximum atomic E-state index is 14.7. The van der Waals surface area contributed by atoms with Gasteiger partial charge in [0.2, 0.25) is 0 Å². The summed E-state index contributed by atoms with van der Waals surface area (Å²) in [5.74, 6) is -4.01. The minimum atomic E-state index is -2.36. The van der Waals surface area contributed by atoms with Crippen LogP contribution in [0.4, 0.5) is 0 Å². The van der Waals surface area contributed by atoms with Crippen LogP contribution in [0.2, 0.25) is 0 Å². The zero-order valence-electron chi connectivity index (χ0n) is 82.2. The van der Waals surface area contributed by atoms with Crippen molar-refractivity contribution in [3.8, 4) is 0 Å². The summed E-state index contributed by atoms with van der Waals surface area (Å²) >= 11 is 0. The van der Waals surface area contributed by atoms with Gasteiger partial charge in [0.1, 0.15) is 160 Å². The number of carboxylic acid groups (broad SMARTS) is 2. The van der Waals surface area contributed by atoms with Gasteiger partial charge < -0.3 is 178 Å². The minimum absolute atomic E-state index is 0.0700. The first kappa shape index (κ1) is 108. The van der Waals surface area contributed by atoms with E-state index in [0.29, 0.717) is 129 Å². The van der Waals surface area contributed by atoms with E-state index in [1.54, 1.807) is 43.4 Å². The van der Waals surface area contributed by atoms with Crippen LogP contribution >= 0.6 is 0 Å². The second-order valence-corrected chi connectivity index (χ2v) is 38.5. The van der Waals surface area contributed by atoms with E-state index in [9.17, 15) is 111 Å². The third-order valence-electron chi connectivity index (χ3n) is 29.6. The Morgan fingerprint density at radius 3 is 0.905 bits per heavy atom.